The quantitative estimate of drug-likeness (QED) is 0.832. The van der Waals surface area contributed by atoms with E-state index < -0.39 is 10.0 Å². The monoisotopic (exact) mass is 332 g/mol. The zero-order valence-corrected chi connectivity index (χ0v) is 15.1. The van der Waals surface area contributed by atoms with Crippen LogP contribution in [0.4, 0.5) is 0 Å². The molecule has 0 unspecified atom stereocenters. The van der Waals surface area contributed by atoms with E-state index in [1.165, 1.54) is 12.7 Å². The first-order chi connectivity index (χ1) is 10.3. The number of sulfonamides is 1. The fraction of sp³-hybridized carbons (Fsp3) is 1.00. The molecule has 2 aliphatic rings. The topological polar surface area (TPSA) is 60.9 Å². The summed E-state index contributed by atoms with van der Waals surface area (Å²) in [6.07, 6.45) is 7.36. The van der Waals surface area contributed by atoms with Crippen LogP contribution in [0.3, 0.4) is 0 Å². The highest BCUT2D eigenvalue weighted by molar-refractivity contribution is 7.88. The molecule has 22 heavy (non-hydrogen) atoms. The number of nitrogens with zero attached hydrogens (tertiary/aromatic N) is 2. The van der Waals surface area contributed by atoms with Crippen LogP contribution in [0.5, 0.6) is 0 Å². The van der Waals surface area contributed by atoms with Gasteiger partial charge in [-0.05, 0) is 45.4 Å². The molecule has 1 heterocycles. The van der Waals surface area contributed by atoms with E-state index >= 15 is 0 Å². The molecule has 5 nitrogen and oxygen atoms in total. The second-order valence-electron chi connectivity index (χ2n) is 7.34. The summed E-state index contributed by atoms with van der Waals surface area (Å²) < 4.78 is 25.2. The third-order valence-electron chi connectivity index (χ3n) is 5.20. The number of aliphatic hydroxyl groups is 1. The van der Waals surface area contributed by atoms with Crippen LogP contribution < -0.4 is 0 Å². The van der Waals surface area contributed by atoms with E-state index in [1.807, 2.05) is 0 Å². The van der Waals surface area contributed by atoms with E-state index in [4.69, 9.17) is 0 Å². The van der Waals surface area contributed by atoms with Crippen molar-refractivity contribution in [3.05, 3.63) is 0 Å². The lowest BCUT2D eigenvalue weighted by Crippen LogP contribution is -2.52. The van der Waals surface area contributed by atoms with Crippen LogP contribution in [-0.2, 0) is 10.0 Å². The Hall–Kier alpha value is -0.170. The smallest absolute Gasteiger partial charge is 0.211 e. The lowest BCUT2D eigenvalue weighted by atomic mass is 9.89. The van der Waals surface area contributed by atoms with Crippen LogP contribution in [-0.4, -0.2) is 66.8 Å². The number of hydrogen-bond acceptors (Lipinski definition) is 4. The molecular weight excluding hydrogens is 300 g/mol. The Morgan fingerprint density at radius 2 is 1.86 bits per heavy atom. The molecule has 0 aromatic carbocycles. The highest BCUT2D eigenvalue weighted by Crippen LogP contribution is 2.28. The summed E-state index contributed by atoms with van der Waals surface area (Å²) in [4.78, 5) is 2.42. The largest absolute Gasteiger partial charge is 0.391 e. The van der Waals surface area contributed by atoms with Crippen LogP contribution in [0.25, 0.3) is 0 Å². The Balaban J connectivity index is 2.01. The van der Waals surface area contributed by atoms with Gasteiger partial charge in [0.05, 0.1) is 12.4 Å². The van der Waals surface area contributed by atoms with Crippen molar-refractivity contribution in [2.75, 3.05) is 25.9 Å². The molecule has 1 aliphatic carbocycles. The van der Waals surface area contributed by atoms with E-state index in [0.717, 1.165) is 38.6 Å². The van der Waals surface area contributed by atoms with Gasteiger partial charge in [-0.1, -0.05) is 12.8 Å². The molecule has 0 bridgehead atoms. The molecule has 1 saturated carbocycles. The van der Waals surface area contributed by atoms with Crippen molar-refractivity contribution in [3.63, 3.8) is 0 Å². The zero-order valence-electron chi connectivity index (χ0n) is 14.2. The fourth-order valence-corrected chi connectivity index (χ4v) is 4.93. The van der Waals surface area contributed by atoms with Crippen molar-refractivity contribution < 1.29 is 13.5 Å². The maximum atomic E-state index is 11.8. The molecule has 2 fully saturated rings. The molecule has 3 atom stereocenters. The number of hydrogen-bond donors (Lipinski definition) is 1. The van der Waals surface area contributed by atoms with Crippen molar-refractivity contribution in [2.24, 2.45) is 5.92 Å². The Kier molecular flexibility index (Phi) is 6.28. The lowest BCUT2D eigenvalue weighted by Gasteiger charge is -2.43. The van der Waals surface area contributed by atoms with Crippen molar-refractivity contribution in [2.45, 2.75) is 70.6 Å². The summed E-state index contributed by atoms with van der Waals surface area (Å²) in [7, 11) is -3.09. The van der Waals surface area contributed by atoms with E-state index in [1.54, 1.807) is 4.31 Å². The highest BCUT2D eigenvalue weighted by Gasteiger charge is 2.33. The van der Waals surface area contributed by atoms with Crippen LogP contribution in [0.15, 0.2) is 0 Å². The molecule has 1 aliphatic heterocycles. The average Bonchev–Trinajstić information content (AvgIpc) is 2.45. The van der Waals surface area contributed by atoms with Crippen molar-refractivity contribution in [1.29, 1.82) is 0 Å². The second kappa shape index (κ2) is 7.60. The van der Waals surface area contributed by atoms with Crippen LogP contribution in [0, 0.1) is 5.92 Å². The molecule has 6 heteroatoms. The predicted molar refractivity (Wildman–Crippen MR) is 89.2 cm³/mol. The zero-order chi connectivity index (χ0) is 16.3. The molecule has 2 rings (SSSR count). The Bertz CT molecular complexity index is 452. The third kappa shape index (κ3) is 4.66. The minimum atomic E-state index is -3.09. The van der Waals surface area contributed by atoms with Gasteiger partial charge in [-0.25, -0.2) is 12.7 Å². The van der Waals surface area contributed by atoms with Crippen LogP contribution in [0.1, 0.15) is 52.4 Å². The van der Waals surface area contributed by atoms with Gasteiger partial charge in [-0.3, -0.25) is 4.90 Å². The summed E-state index contributed by atoms with van der Waals surface area (Å²) in [5.41, 5.74) is 0. The van der Waals surface area contributed by atoms with Gasteiger partial charge in [0.15, 0.2) is 0 Å². The Labute approximate surface area is 135 Å². The van der Waals surface area contributed by atoms with Gasteiger partial charge in [-0.15, -0.1) is 0 Å². The first-order valence-corrected chi connectivity index (χ1v) is 10.5. The molecule has 0 aromatic rings. The first kappa shape index (κ1) is 18.2. The van der Waals surface area contributed by atoms with E-state index in [-0.39, 0.29) is 12.1 Å². The summed E-state index contributed by atoms with van der Waals surface area (Å²) in [6, 6.07) is 0.619. The van der Waals surface area contributed by atoms with Gasteiger partial charge in [0.2, 0.25) is 10.0 Å². The molecule has 0 aromatic heterocycles. The normalized spacial score (nSPS) is 31.8. The van der Waals surface area contributed by atoms with Gasteiger partial charge in [-0.2, -0.15) is 0 Å². The van der Waals surface area contributed by atoms with Gasteiger partial charge in [0, 0.05) is 31.7 Å². The molecule has 0 radical (unpaired) electrons. The van der Waals surface area contributed by atoms with Crippen LogP contribution in [0.2, 0.25) is 0 Å². The minimum absolute atomic E-state index is 0.231. The van der Waals surface area contributed by atoms with Gasteiger partial charge in [0.1, 0.15) is 0 Å². The highest BCUT2D eigenvalue weighted by atomic mass is 32.2. The second-order valence-corrected chi connectivity index (χ2v) is 9.32. The van der Waals surface area contributed by atoms with Gasteiger partial charge in [0.25, 0.3) is 0 Å². The maximum absolute atomic E-state index is 11.8. The molecule has 130 valence electrons. The summed E-state index contributed by atoms with van der Waals surface area (Å²) in [5.74, 6) is 0.375. The van der Waals surface area contributed by atoms with E-state index in [0.29, 0.717) is 25.0 Å². The van der Waals surface area contributed by atoms with Crippen LogP contribution >= 0.6 is 0 Å². The molecule has 1 saturated heterocycles. The Morgan fingerprint density at radius 1 is 1.18 bits per heavy atom. The molecule has 1 N–H and O–H groups in total. The molecule has 0 spiro atoms. The Morgan fingerprint density at radius 3 is 2.45 bits per heavy atom. The van der Waals surface area contributed by atoms with Gasteiger partial charge >= 0.3 is 0 Å². The standard InChI is InChI=1S/C16H32N2O3S/c1-13(2)18(15-8-4-5-9-16(15)19)12-14-7-6-10-17(11-14)22(3,20)21/h13-16,19H,4-12H2,1-3H3/t14-,15+,16+/m1/s1. The van der Waals surface area contributed by atoms with E-state index in [2.05, 4.69) is 18.7 Å². The number of rotatable bonds is 5. The van der Waals surface area contributed by atoms with E-state index in [9.17, 15) is 13.5 Å². The van der Waals surface area contributed by atoms with Crippen molar-refractivity contribution in [1.82, 2.24) is 9.21 Å². The lowest BCUT2D eigenvalue weighted by molar-refractivity contribution is -0.00652. The average molecular weight is 333 g/mol. The van der Waals surface area contributed by atoms with Crippen molar-refractivity contribution >= 4 is 10.0 Å². The first-order valence-electron chi connectivity index (χ1n) is 8.68. The minimum Gasteiger partial charge on any atom is -0.391 e. The number of aliphatic hydroxyl groups excluding tert-OH is 1. The van der Waals surface area contributed by atoms with Crippen molar-refractivity contribution in [3.8, 4) is 0 Å². The third-order valence-corrected chi connectivity index (χ3v) is 6.47. The summed E-state index contributed by atoms with van der Waals surface area (Å²) >= 11 is 0. The SMILES string of the molecule is CC(C)N(C[C@@H]1CCCN(S(C)(=O)=O)C1)[C@H]1CCCC[C@@H]1O. The maximum Gasteiger partial charge on any atom is 0.211 e. The fourth-order valence-electron chi connectivity index (χ4n) is 3.98. The predicted octanol–water partition coefficient (Wildman–Crippen LogP) is 1.67. The summed E-state index contributed by atoms with van der Waals surface area (Å²) in [6.45, 7) is 6.54. The number of piperidine rings is 1. The van der Waals surface area contributed by atoms with Gasteiger partial charge < -0.3 is 5.11 Å². The molecule has 0 amide bonds. The molecular formula is C16H32N2O3S. The summed E-state index contributed by atoms with van der Waals surface area (Å²) in [5, 5.41) is 10.4.